The Labute approximate surface area is 651 Å². The molecule has 0 aliphatic rings. The van der Waals surface area contributed by atoms with Gasteiger partial charge in [-0.1, -0.05) is 231 Å². The molecule has 12 aromatic rings. The van der Waals surface area contributed by atoms with Crippen molar-refractivity contribution in [2.24, 2.45) is 28.2 Å². The Morgan fingerprint density at radius 3 is 0.933 bits per heavy atom. The zero-order valence-corrected chi connectivity index (χ0v) is 62.6. The van der Waals surface area contributed by atoms with Crippen LogP contribution >= 0.6 is 0 Å². The molecule has 0 aliphatic heterocycles. The Hall–Kier alpha value is -9.64. The highest BCUT2D eigenvalue weighted by Crippen LogP contribution is 2.37. The van der Waals surface area contributed by atoms with Crippen molar-refractivity contribution in [2.45, 2.75) is 192 Å². The summed E-state index contributed by atoms with van der Waals surface area (Å²) in [6.07, 6.45) is 6.47. The topological polar surface area (TPSA) is 15.5 Å². The summed E-state index contributed by atoms with van der Waals surface area (Å²) in [7, 11) is 7.88. The highest BCUT2D eigenvalue weighted by atomic mass is 14.9. The van der Waals surface area contributed by atoms with Gasteiger partial charge in [0.2, 0.25) is 22.8 Å². The van der Waals surface area contributed by atoms with E-state index in [2.05, 4.69) is 195 Å². The zero-order valence-electron chi connectivity index (χ0n) is 76.6. The summed E-state index contributed by atoms with van der Waals surface area (Å²) in [6, 6.07) is 64.6. The molecule has 104 heavy (non-hydrogen) atoms. The smallest absolute Gasteiger partial charge is 0.201 e. The molecular weight excluding hydrogens is 1260 g/mol. The Bertz CT molecular complexity index is 5250. The minimum atomic E-state index is -2.47. The van der Waals surface area contributed by atoms with E-state index in [1.165, 1.54) is 109 Å². The van der Waals surface area contributed by atoms with Crippen molar-refractivity contribution in [3.05, 3.63) is 308 Å². The number of benzene rings is 8. The molecule has 0 fully saturated rings. The highest BCUT2D eigenvalue weighted by Gasteiger charge is 2.24. The third-order valence-corrected chi connectivity index (χ3v) is 19.3. The van der Waals surface area contributed by atoms with Crippen LogP contribution in [0.25, 0.3) is 89.5 Å². The first-order chi connectivity index (χ1) is 53.1. The van der Waals surface area contributed by atoms with Gasteiger partial charge in [0.1, 0.15) is 28.2 Å². The fourth-order valence-electron chi connectivity index (χ4n) is 13.8. The number of pyridine rings is 4. The lowest BCUT2D eigenvalue weighted by Gasteiger charge is -2.15. The maximum atomic E-state index is 8.62. The van der Waals surface area contributed by atoms with Crippen molar-refractivity contribution in [2.75, 3.05) is 0 Å². The van der Waals surface area contributed by atoms with Gasteiger partial charge in [-0.25, -0.2) is 18.3 Å². The van der Waals surface area contributed by atoms with Crippen LogP contribution in [0.2, 0.25) is 0 Å². The van der Waals surface area contributed by atoms with Crippen molar-refractivity contribution in [3.8, 4) is 89.5 Å². The van der Waals surface area contributed by atoms with Crippen LogP contribution < -0.4 is 18.3 Å². The van der Waals surface area contributed by atoms with E-state index < -0.39 is 39.2 Å². The van der Waals surface area contributed by atoms with E-state index in [0.717, 1.165) is 40.8 Å². The van der Waals surface area contributed by atoms with E-state index in [9.17, 15) is 0 Å². The van der Waals surface area contributed by atoms with Gasteiger partial charge in [-0.3, -0.25) is 0 Å². The molecule has 0 bridgehead atoms. The number of nitrogens with zero attached hydrogens (tertiary/aromatic N) is 4. The number of hydrogen-bond donors (Lipinski definition) is 0. The molecule has 4 heterocycles. The number of rotatable bonds is 14. The first kappa shape index (κ1) is 65.1. The Balaban J connectivity index is 0.000000279. The molecule has 0 saturated heterocycles. The van der Waals surface area contributed by atoms with Crippen LogP contribution in [0.1, 0.15) is 205 Å². The number of aryl methyl sites for hydroxylation is 18. The van der Waals surface area contributed by atoms with Crippen LogP contribution in [0.5, 0.6) is 0 Å². The van der Waals surface area contributed by atoms with Gasteiger partial charge in [0.05, 0.1) is 0 Å². The van der Waals surface area contributed by atoms with Crippen molar-refractivity contribution in [1.29, 1.82) is 0 Å². The number of hydrogen-bond acceptors (Lipinski definition) is 0. The van der Waals surface area contributed by atoms with Crippen molar-refractivity contribution in [3.63, 3.8) is 0 Å². The standard InChI is InChI=1S/C25H30N.2C24H28N.C23H26N.4CH4/c1-7-20-16-26(6)25(15-22(20)17(2)3)24-14-23(18(4)13-19(24)5)21-11-9-8-10-12-21;1-16(2)23-15-25(6)24(13-19(23)5)22-14-21(17(3)12-18(22)4)20-10-8-7-9-11-20;1-6-19-14-24(25(5)16-20(19)7-2)23-15-22(17(3)13-18(23)4)21-11-9-8-10-12-21;1-6-19-13-23(24(5)15-18(19)4)22-14-21(16(2)12-17(22)3)20-10-8-7-9-11-20;;;;/h8-17H,7H2,1-6H3;7-16H,1-6H3;8-16H,6-7H2,1-5H3;7-15H,6H2,1-5H3;4*1H4/q4*+1;;;;/i4D3,7D2,17D;;;2D3,4D3,6D2;;;;. The second-order valence-corrected chi connectivity index (χ2v) is 27.1. The molecule has 0 N–H and O–H groups in total. The predicted molar refractivity (Wildman–Crippen MR) is 454 cm³/mol. The quantitative estimate of drug-likeness (QED) is 0.0965. The van der Waals surface area contributed by atoms with E-state index in [-0.39, 0.29) is 46.4 Å². The predicted octanol–water partition coefficient (Wildman–Crippen LogP) is 25.5. The summed E-state index contributed by atoms with van der Waals surface area (Å²) in [5.74, 6) is -0.463. The largest absolute Gasteiger partial charge is 0.212 e. The lowest BCUT2D eigenvalue weighted by atomic mass is 9.91. The summed E-state index contributed by atoms with van der Waals surface area (Å²) in [5.41, 5.74) is 30.3. The van der Waals surface area contributed by atoms with Gasteiger partial charge in [-0.2, -0.15) is 0 Å². The summed E-state index contributed by atoms with van der Waals surface area (Å²) < 4.78 is 121. The van der Waals surface area contributed by atoms with Crippen LogP contribution in [0.4, 0.5) is 0 Å². The summed E-state index contributed by atoms with van der Waals surface area (Å²) in [5, 5.41) is 0. The second kappa shape index (κ2) is 38.2. The van der Waals surface area contributed by atoms with Gasteiger partial charge in [0, 0.05) is 88.0 Å². The molecule has 12 rings (SSSR count). The SMILES string of the molecule is C.C.C.C.CCc1cc(-c2cc(-c3ccccc3)c(C)cc2C)[n+](C)cc1CC.Cc1cc(C)c(-c2cc(C)c(C(C)C)c[n+]2C)cc1-c1ccccc1.[2H]C([2H])([2H])c1cc(C)c(-c2cc(C([2H])(C)C)c(C([2H])([2H])C)c[n+]2C)cc1-c1ccccc1.[2H]C([2H])([2H])c1cc(C)c(-c2cc(C([2H])([2H])C)c(C([2H])([2H])[2H])c[n+]2C)cc1-c1ccccc1. The Kier molecular flexibility index (Phi) is 23.9. The molecule has 0 atom stereocenters. The van der Waals surface area contributed by atoms with Crippen LogP contribution in [0.3, 0.4) is 0 Å². The van der Waals surface area contributed by atoms with Gasteiger partial charge in [-0.15, -0.1) is 0 Å². The molecule has 8 aromatic carbocycles. The molecule has 0 unspecified atom stereocenters. The maximum absolute atomic E-state index is 8.62. The summed E-state index contributed by atoms with van der Waals surface area (Å²) in [4.78, 5) is 0. The van der Waals surface area contributed by atoms with Gasteiger partial charge in [0.15, 0.2) is 24.8 Å². The molecule has 4 nitrogen and oxygen atoms in total. The Morgan fingerprint density at radius 1 is 0.298 bits per heavy atom. The molecule has 0 spiro atoms. The normalized spacial score (nSPS) is 13.3. The first-order valence-electron chi connectivity index (χ1n) is 42.0. The van der Waals surface area contributed by atoms with E-state index in [0.29, 0.717) is 50.6 Å². The van der Waals surface area contributed by atoms with Crippen molar-refractivity contribution >= 4 is 0 Å². The number of aromatic nitrogens is 4. The Morgan fingerprint density at radius 2 is 0.596 bits per heavy atom. The zero-order chi connectivity index (χ0) is 84.2. The van der Waals surface area contributed by atoms with Crippen LogP contribution in [0.15, 0.2) is 219 Å². The highest BCUT2D eigenvalue weighted by molar-refractivity contribution is 5.80. The van der Waals surface area contributed by atoms with E-state index in [1.54, 1.807) is 62.8 Å². The monoisotopic (exact) mass is 1400 g/mol. The third-order valence-electron chi connectivity index (χ3n) is 19.3. The summed E-state index contributed by atoms with van der Waals surface area (Å²) in [6.45, 7) is 23.0. The lowest BCUT2D eigenvalue weighted by Crippen LogP contribution is -2.32. The molecular formula is C100H128N4+4. The molecule has 4 aromatic heterocycles. The maximum Gasteiger partial charge on any atom is 0.212 e. The minimum Gasteiger partial charge on any atom is -0.201 e. The van der Waals surface area contributed by atoms with E-state index >= 15 is 0 Å². The fraction of sp³-hybridized carbons (Fsp3) is 0.320. The molecule has 0 aliphatic carbocycles. The van der Waals surface area contributed by atoms with E-state index in [1.807, 2.05) is 91.3 Å². The minimum absolute atomic E-state index is 0. The fourth-order valence-corrected chi connectivity index (χ4v) is 13.8. The van der Waals surface area contributed by atoms with Gasteiger partial charge >= 0.3 is 0 Å². The second-order valence-electron chi connectivity index (χ2n) is 27.1. The van der Waals surface area contributed by atoms with Crippen molar-refractivity contribution in [1.82, 2.24) is 0 Å². The van der Waals surface area contributed by atoms with Crippen LogP contribution in [-0.2, 0) is 53.8 Å². The lowest BCUT2D eigenvalue weighted by molar-refractivity contribution is -0.661. The van der Waals surface area contributed by atoms with Crippen LogP contribution in [0, 0.1) is 69.0 Å². The van der Waals surface area contributed by atoms with Crippen molar-refractivity contribution < 1.29 is 37.5 Å². The third kappa shape index (κ3) is 19.6. The molecule has 544 valence electrons. The molecule has 0 radical (unpaired) electrons. The average Bonchev–Trinajstić information content (AvgIpc) is 0.757. The molecule has 0 saturated carbocycles. The average molecular weight is 1400 g/mol. The summed E-state index contributed by atoms with van der Waals surface area (Å²) >= 11 is 0. The molecule has 0 amide bonds. The van der Waals surface area contributed by atoms with Gasteiger partial charge in [0.25, 0.3) is 0 Å². The van der Waals surface area contributed by atoms with Gasteiger partial charge < -0.3 is 0 Å². The first-order valence-corrected chi connectivity index (χ1v) is 35.0. The molecule has 4 heteroatoms. The van der Waals surface area contributed by atoms with Crippen LogP contribution in [-0.4, -0.2) is 0 Å². The van der Waals surface area contributed by atoms with E-state index in [4.69, 9.17) is 19.2 Å². The van der Waals surface area contributed by atoms with Gasteiger partial charge in [-0.05, 0) is 242 Å².